The summed E-state index contributed by atoms with van der Waals surface area (Å²) in [6, 6.07) is 0. The minimum atomic E-state index is -1.20. The van der Waals surface area contributed by atoms with Crippen molar-refractivity contribution in [3.05, 3.63) is 12.2 Å². The minimum absolute atomic E-state index is 0.0764. The van der Waals surface area contributed by atoms with Gasteiger partial charge in [0.15, 0.2) is 0 Å². The van der Waals surface area contributed by atoms with Gasteiger partial charge in [-0.3, -0.25) is 0 Å². The van der Waals surface area contributed by atoms with E-state index in [4.69, 9.17) is 0 Å². The summed E-state index contributed by atoms with van der Waals surface area (Å²) in [6.45, 7) is 3.50. The van der Waals surface area contributed by atoms with Crippen LogP contribution in [0, 0.1) is 0 Å². The van der Waals surface area contributed by atoms with Crippen LogP contribution in [0.2, 0.25) is 0 Å². The van der Waals surface area contributed by atoms with Crippen LogP contribution >= 0.6 is 0 Å². The molecule has 1 N–H and O–H groups in total. The summed E-state index contributed by atoms with van der Waals surface area (Å²) >= 11 is 0. The summed E-state index contributed by atoms with van der Waals surface area (Å²) in [4.78, 5) is 9.84. The van der Waals surface area contributed by atoms with E-state index < -0.39 is 5.97 Å². The lowest BCUT2D eigenvalue weighted by atomic mass is 10.3. The maximum absolute atomic E-state index is 9.84. The Morgan fingerprint density at radius 3 is 2.50 bits per heavy atom. The molecule has 46 valence electrons. The molecule has 0 saturated heterocycles. The Balaban J connectivity index is 3.49. The number of nitrogens with one attached hydrogen (secondary N) is 1. The molecule has 0 aliphatic carbocycles. The van der Waals surface area contributed by atoms with Gasteiger partial charge in [-0.15, -0.1) is 0 Å². The molecule has 0 bridgehead atoms. The van der Waals surface area contributed by atoms with E-state index in [1.54, 1.807) is 7.05 Å². The highest BCUT2D eigenvalue weighted by atomic mass is 16.4. The first-order valence-electron chi connectivity index (χ1n) is 2.22. The Hall–Kier alpha value is -0.830. The number of hydrogen-bond donors (Lipinski definition) is 1. The molecule has 0 heterocycles. The average molecular weight is 114 g/mol. The first kappa shape index (κ1) is 7.17. The molecule has 0 aromatic carbocycles. The second kappa shape index (κ2) is 3.21. The van der Waals surface area contributed by atoms with Crippen molar-refractivity contribution in [2.45, 2.75) is 0 Å². The Kier molecular flexibility index (Phi) is 2.88. The van der Waals surface area contributed by atoms with Gasteiger partial charge in [0.1, 0.15) is 0 Å². The second-order valence-corrected chi connectivity index (χ2v) is 1.42. The van der Waals surface area contributed by atoms with E-state index in [0.29, 0.717) is 0 Å². The molecule has 0 aromatic heterocycles. The van der Waals surface area contributed by atoms with E-state index in [1.807, 2.05) is 0 Å². The number of carbonyl (C=O) groups excluding carboxylic acids is 1. The lowest BCUT2D eigenvalue weighted by molar-refractivity contribution is -0.299. The Labute approximate surface area is 48.0 Å². The van der Waals surface area contributed by atoms with E-state index in [1.165, 1.54) is 0 Å². The summed E-state index contributed by atoms with van der Waals surface area (Å²) < 4.78 is 0. The average Bonchev–Trinajstić information content (AvgIpc) is 1.67. The van der Waals surface area contributed by atoms with E-state index in [-0.39, 0.29) is 12.1 Å². The van der Waals surface area contributed by atoms with Crippen LogP contribution in [0.15, 0.2) is 12.2 Å². The molecule has 0 aliphatic rings. The van der Waals surface area contributed by atoms with E-state index in [9.17, 15) is 9.90 Å². The van der Waals surface area contributed by atoms with Crippen LogP contribution in [0.25, 0.3) is 0 Å². The van der Waals surface area contributed by atoms with Gasteiger partial charge in [-0.1, -0.05) is 6.58 Å². The maximum Gasteiger partial charge on any atom is 0.0681 e. The summed E-state index contributed by atoms with van der Waals surface area (Å²) in [5, 5.41) is 12.5. The molecule has 0 fully saturated rings. The van der Waals surface area contributed by atoms with Crippen LogP contribution in [0.4, 0.5) is 0 Å². The lowest BCUT2D eigenvalue weighted by Gasteiger charge is -2.02. The van der Waals surface area contributed by atoms with Crippen LogP contribution in [-0.2, 0) is 4.79 Å². The van der Waals surface area contributed by atoms with Crippen molar-refractivity contribution in [3.8, 4) is 0 Å². The second-order valence-electron chi connectivity index (χ2n) is 1.42. The van der Waals surface area contributed by atoms with Gasteiger partial charge in [-0.2, -0.15) is 0 Å². The number of likely N-dealkylation sites (N-methyl/N-ethyl adjacent to an activating group) is 1. The zero-order valence-electron chi connectivity index (χ0n) is 4.73. The van der Waals surface area contributed by atoms with Gasteiger partial charge in [-0.25, -0.2) is 0 Å². The van der Waals surface area contributed by atoms with Crippen LogP contribution < -0.4 is 10.4 Å². The SMILES string of the molecule is C=C(CNC)C(=O)[O-]. The highest BCUT2D eigenvalue weighted by molar-refractivity contribution is 5.84. The third-order valence-corrected chi connectivity index (χ3v) is 0.679. The molecule has 0 saturated carbocycles. The van der Waals surface area contributed by atoms with Crippen molar-refractivity contribution in [1.82, 2.24) is 5.32 Å². The highest BCUT2D eigenvalue weighted by Crippen LogP contribution is 1.80. The van der Waals surface area contributed by atoms with Gasteiger partial charge in [0.25, 0.3) is 0 Å². The molecule has 0 spiro atoms. The number of rotatable bonds is 3. The van der Waals surface area contributed by atoms with Crippen LogP contribution in [-0.4, -0.2) is 19.6 Å². The first-order chi connectivity index (χ1) is 3.68. The molecule has 0 amide bonds. The van der Waals surface area contributed by atoms with Gasteiger partial charge < -0.3 is 15.2 Å². The van der Waals surface area contributed by atoms with E-state index >= 15 is 0 Å². The van der Waals surface area contributed by atoms with Crippen molar-refractivity contribution in [2.75, 3.05) is 13.6 Å². The van der Waals surface area contributed by atoms with Crippen molar-refractivity contribution >= 4 is 5.97 Å². The van der Waals surface area contributed by atoms with Gasteiger partial charge in [0, 0.05) is 6.54 Å². The van der Waals surface area contributed by atoms with Crippen LogP contribution in [0.5, 0.6) is 0 Å². The smallest absolute Gasteiger partial charge is 0.0681 e. The fourth-order valence-electron chi connectivity index (χ4n) is 0.286. The minimum Gasteiger partial charge on any atom is -0.545 e. The van der Waals surface area contributed by atoms with Crippen molar-refractivity contribution in [1.29, 1.82) is 0 Å². The largest absolute Gasteiger partial charge is 0.545 e. The van der Waals surface area contributed by atoms with Gasteiger partial charge >= 0.3 is 0 Å². The fourth-order valence-corrected chi connectivity index (χ4v) is 0.286. The van der Waals surface area contributed by atoms with E-state index in [0.717, 1.165) is 0 Å². The molecule has 0 aliphatic heterocycles. The zero-order chi connectivity index (χ0) is 6.57. The number of hydrogen-bond acceptors (Lipinski definition) is 3. The number of aliphatic carboxylic acids is 1. The summed E-state index contributed by atoms with van der Waals surface area (Å²) in [7, 11) is 1.65. The molecule has 0 unspecified atom stereocenters. The number of carboxylic acid groups (broad SMARTS) is 1. The molecule has 0 rings (SSSR count). The third-order valence-electron chi connectivity index (χ3n) is 0.679. The molecule has 0 atom stereocenters. The molecule has 8 heavy (non-hydrogen) atoms. The predicted octanol–water partition coefficient (Wildman–Crippen LogP) is -1.49. The lowest BCUT2D eigenvalue weighted by Crippen LogP contribution is -2.28. The van der Waals surface area contributed by atoms with Crippen LogP contribution in [0.1, 0.15) is 0 Å². The Morgan fingerprint density at radius 1 is 1.88 bits per heavy atom. The van der Waals surface area contributed by atoms with E-state index in [2.05, 4.69) is 11.9 Å². The quantitative estimate of drug-likeness (QED) is 0.455. The fraction of sp³-hybridized carbons (Fsp3) is 0.400. The Bertz CT molecular complexity index is 109. The normalized spacial score (nSPS) is 8.62. The van der Waals surface area contributed by atoms with Crippen molar-refractivity contribution in [3.63, 3.8) is 0 Å². The van der Waals surface area contributed by atoms with Gasteiger partial charge in [-0.05, 0) is 12.6 Å². The van der Waals surface area contributed by atoms with Crippen molar-refractivity contribution in [2.24, 2.45) is 0 Å². The first-order valence-corrected chi connectivity index (χ1v) is 2.22. The molecule has 0 radical (unpaired) electrons. The third kappa shape index (κ3) is 2.36. The summed E-state index contributed by atoms with van der Waals surface area (Å²) in [5.74, 6) is -1.20. The highest BCUT2D eigenvalue weighted by Gasteiger charge is 1.88. The monoisotopic (exact) mass is 114 g/mol. The molecule has 0 aromatic rings. The predicted molar refractivity (Wildman–Crippen MR) is 28.1 cm³/mol. The summed E-state index contributed by atoms with van der Waals surface area (Å²) in [5.41, 5.74) is 0.0764. The summed E-state index contributed by atoms with van der Waals surface area (Å²) in [6.07, 6.45) is 0. The van der Waals surface area contributed by atoms with Gasteiger partial charge in [0.05, 0.1) is 5.97 Å². The topological polar surface area (TPSA) is 52.2 Å². The number of carbonyl (C=O) groups is 1. The molecular weight excluding hydrogens is 106 g/mol. The van der Waals surface area contributed by atoms with Gasteiger partial charge in [0.2, 0.25) is 0 Å². The molecule has 3 nitrogen and oxygen atoms in total. The zero-order valence-corrected chi connectivity index (χ0v) is 4.73. The maximum atomic E-state index is 9.84. The van der Waals surface area contributed by atoms with Crippen LogP contribution in [0.3, 0.4) is 0 Å². The van der Waals surface area contributed by atoms with Crippen molar-refractivity contribution < 1.29 is 9.90 Å². The number of carboxylic acids is 1. The molecule has 3 heteroatoms. The Morgan fingerprint density at radius 2 is 2.38 bits per heavy atom. The standard InChI is InChI=1S/C5H9NO2/c1-4(3-6-2)5(7)8/h6H,1,3H2,2H3,(H,7,8)/p-1. The molecular formula is C5H8NO2-.